The van der Waals surface area contributed by atoms with Crippen LogP contribution in [0.4, 0.5) is 0 Å². The molecule has 0 unspecified atom stereocenters. The molecular formula is C19H25N3O. The van der Waals surface area contributed by atoms with Crippen LogP contribution in [0.15, 0.2) is 24.3 Å². The number of hydrogen-bond donors (Lipinski definition) is 1. The first-order valence-corrected chi connectivity index (χ1v) is 8.90. The Morgan fingerprint density at radius 3 is 2.65 bits per heavy atom. The van der Waals surface area contributed by atoms with Gasteiger partial charge in [0.2, 0.25) is 5.91 Å². The standard InChI is InChI=1S/C19H25N3O/c23-19(14-21-10-5-1-2-6-11-21)22-12-9-16-15-7-3-4-8-17(15)20-18(16)13-22/h3-4,7-8,20H,1-2,5-6,9-14H2. The van der Waals surface area contributed by atoms with Crippen LogP contribution in [0.5, 0.6) is 0 Å². The number of nitrogens with zero attached hydrogens (tertiary/aromatic N) is 2. The van der Waals surface area contributed by atoms with Crippen LogP contribution in [-0.4, -0.2) is 46.9 Å². The van der Waals surface area contributed by atoms with Gasteiger partial charge in [0.15, 0.2) is 0 Å². The van der Waals surface area contributed by atoms with Gasteiger partial charge in [-0.15, -0.1) is 0 Å². The van der Waals surface area contributed by atoms with Crippen molar-refractivity contribution in [2.75, 3.05) is 26.2 Å². The van der Waals surface area contributed by atoms with Gasteiger partial charge in [-0.2, -0.15) is 0 Å². The van der Waals surface area contributed by atoms with Crippen LogP contribution in [0.1, 0.15) is 36.9 Å². The molecule has 4 rings (SSSR count). The Bertz CT molecular complexity index is 698. The number of aromatic nitrogens is 1. The fraction of sp³-hybridized carbons (Fsp3) is 0.526. The summed E-state index contributed by atoms with van der Waals surface area (Å²) < 4.78 is 0. The van der Waals surface area contributed by atoms with Crippen LogP contribution in [0.25, 0.3) is 10.9 Å². The Kier molecular flexibility index (Phi) is 4.08. The summed E-state index contributed by atoms with van der Waals surface area (Å²) in [7, 11) is 0. The second kappa shape index (κ2) is 6.36. The first-order chi connectivity index (χ1) is 11.3. The zero-order valence-corrected chi connectivity index (χ0v) is 13.7. The van der Waals surface area contributed by atoms with E-state index >= 15 is 0 Å². The molecule has 0 bridgehead atoms. The highest BCUT2D eigenvalue weighted by Crippen LogP contribution is 2.27. The predicted octanol–water partition coefficient (Wildman–Crippen LogP) is 2.93. The normalized spacial score (nSPS) is 19.6. The molecule has 1 saturated heterocycles. The number of para-hydroxylation sites is 1. The van der Waals surface area contributed by atoms with E-state index in [0.717, 1.165) is 32.6 Å². The van der Waals surface area contributed by atoms with E-state index in [2.05, 4.69) is 34.1 Å². The number of carbonyl (C=O) groups is 1. The van der Waals surface area contributed by atoms with Crippen molar-refractivity contribution in [2.45, 2.75) is 38.6 Å². The fourth-order valence-electron chi connectivity index (χ4n) is 3.99. The summed E-state index contributed by atoms with van der Waals surface area (Å²) in [5, 5.41) is 1.32. The minimum absolute atomic E-state index is 0.288. The Balaban J connectivity index is 1.45. The van der Waals surface area contributed by atoms with E-state index in [9.17, 15) is 4.79 Å². The maximum atomic E-state index is 12.7. The maximum Gasteiger partial charge on any atom is 0.237 e. The zero-order valence-electron chi connectivity index (χ0n) is 13.7. The number of hydrogen-bond acceptors (Lipinski definition) is 2. The Morgan fingerprint density at radius 2 is 1.83 bits per heavy atom. The molecule has 2 aromatic rings. The van der Waals surface area contributed by atoms with E-state index in [1.165, 1.54) is 47.8 Å². The lowest BCUT2D eigenvalue weighted by molar-refractivity contribution is -0.133. The summed E-state index contributed by atoms with van der Waals surface area (Å²) in [5.74, 6) is 0.288. The quantitative estimate of drug-likeness (QED) is 0.926. The molecule has 0 aliphatic carbocycles. The maximum absolute atomic E-state index is 12.7. The van der Waals surface area contributed by atoms with E-state index in [-0.39, 0.29) is 5.91 Å². The largest absolute Gasteiger partial charge is 0.357 e. The third-order valence-corrected chi connectivity index (χ3v) is 5.29. The average Bonchev–Trinajstić information content (AvgIpc) is 2.74. The molecule has 1 N–H and O–H groups in total. The van der Waals surface area contributed by atoms with Crippen LogP contribution in [0, 0.1) is 0 Å². The van der Waals surface area contributed by atoms with E-state index < -0.39 is 0 Å². The number of benzene rings is 1. The second-order valence-electron chi connectivity index (χ2n) is 6.88. The number of likely N-dealkylation sites (tertiary alicyclic amines) is 1. The molecule has 4 heteroatoms. The summed E-state index contributed by atoms with van der Waals surface area (Å²) >= 11 is 0. The lowest BCUT2D eigenvalue weighted by Gasteiger charge is -2.29. The molecule has 0 radical (unpaired) electrons. The van der Waals surface area contributed by atoms with Crippen molar-refractivity contribution < 1.29 is 4.79 Å². The minimum Gasteiger partial charge on any atom is -0.357 e. The number of H-pyrrole nitrogens is 1. The summed E-state index contributed by atoms with van der Waals surface area (Å²) in [6.45, 7) is 4.34. The van der Waals surface area contributed by atoms with Gasteiger partial charge < -0.3 is 9.88 Å². The lowest BCUT2D eigenvalue weighted by atomic mass is 10.0. The van der Waals surface area contributed by atoms with E-state index in [0.29, 0.717) is 6.54 Å². The molecule has 4 nitrogen and oxygen atoms in total. The SMILES string of the molecule is O=C(CN1CCCCCC1)N1CCc2c([nH]c3ccccc23)C1. The van der Waals surface area contributed by atoms with Crippen molar-refractivity contribution in [3.63, 3.8) is 0 Å². The molecule has 122 valence electrons. The highest BCUT2D eigenvalue weighted by atomic mass is 16.2. The van der Waals surface area contributed by atoms with Gasteiger partial charge in [0, 0.05) is 23.1 Å². The van der Waals surface area contributed by atoms with Gasteiger partial charge in [0.25, 0.3) is 0 Å². The van der Waals surface area contributed by atoms with Crippen molar-refractivity contribution in [3.05, 3.63) is 35.5 Å². The number of rotatable bonds is 2. The van der Waals surface area contributed by atoms with Gasteiger partial charge >= 0.3 is 0 Å². The highest BCUT2D eigenvalue weighted by molar-refractivity contribution is 5.86. The first-order valence-electron chi connectivity index (χ1n) is 8.90. The highest BCUT2D eigenvalue weighted by Gasteiger charge is 2.25. The van der Waals surface area contributed by atoms with Gasteiger partial charge in [0.05, 0.1) is 13.1 Å². The molecule has 23 heavy (non-hydrogen) atoms. The smallest absolute Gasteiger partial charge is 0.237 e. The Labute approximate surface area is 137 Å². The third kappa shape index (κ3) is 3.00. The zero-order chi connectivity index (χ0) is 15.6. The van der Waals surface area contributed by atoms with E-state index in [1.807, 2.05) is 4.90 Å². The van der Waals surface area contributed by atoms with Gasteiger partial charge in [-0.1, -0.05) is 31.0 Å². The van der Waals surface area contributed by atoms with Crippen molar-refractivity contribution in [1.82, 2.24) is 14.8 Å². The molecule has 0 spiro atoms. The molecular weight excluding hydrogens is 286 g/mol. The first kappa shape index (κ1) is 14.8. The molecule has 2 aliphatic rings. The van der Waals surface area contributed by atoms with Crippen molar-refractivity contribution in [3.8, 4) is 0 Å². The molecule has 1 aromatic heterocycles. The summed E-state index contributed by atoms with van der Waals surface area (Å²) in [6, 6.07) is 8.45. The van der Waals surface area contributed by atoms with Gasteiger partial charge in [0.1, 0.15) is 0 Å². The molecule has 1 amide bonds. The van der Waals surface area contributed by atoms with Crippen molar-refractivity contribution >= 4 is 16.8 Å². The molecule has 0 saturated carbocycles. The lowest BCUT2D eigenvalue weighted by Crippen LogP contribution is -2.43. The van der Waals surface area contributed by atoms with Crippen LogP contribution < -0.4 is 0 Å². The molecule has 2 aliphatic heterocycles. The minimum atomic E-state index is 0.288. The molecule has 3 heterocycles. The summed E-state index contributed by atoms with van der Waals surface area (Å²) in [4.78, 5) is 20.6. The van der Waals surface area contributed by atoms with Gasteiger partial charge in [-0.05, 0) is 44.0 Å². The van der Waals surface area contributed by atoms with Gasteiger partial charge in [-0.3, -0.25) is 9.69 Å². The predicted molar refractivity (Wildman–Crippen MR) is 92.3 cm³/mol. The van der Waals surface area contributed by atoms with Crippen molar-refractivity contribution in [1.29, 1.82) is 0 Å². The van der Waals surface area contributed by atoms with Crippen molar-refractivity contribution in [2.24, 2.45) is 0 Å². The number of nitrogens with one attached hydrogen (secondary N) is 1. The fourth-order valence-corrected chi connectivity index (χ4v) is 3.99. The van der Waals surface area contributed by atoms with Crippen LogP contribution >= 0.6 is 0 Å². The summed E-state index contributed by atoms with van der Waals surface area (Å²) in [5.41, 5.74) is 3.82. The average molecular weight is 311 g/mol. The number of aromatic amines is 1. The topological polar surface area (TPSA) is 39.3 Å². The number of carbonyl (C=O) groups excluding carboxylic acids is 1. The monoisotopic (exact) mass is 311 g/mol. The van der Waals surface area contributed by atoms with Gasteiger partial charge in [-0.25, -0.2) is 0 Å². The summed E-state index contributed by atoms with van der Waals surface area (Å²) in [6.07, 6.45) is 6.06. The third-order valence-electron chi connectivity index (χ3n) is 5.29. The molecule has 0 atom stereocenters. The Morgan fingerprint density at radius 1 is 1.04 bits per heavy atom. The number of amides is 1. The van der Waals surface area contributed by atoms with Crippen LogP contribution in [0.2, 0.25) is 0 Å². The van der Waals surface area contributed by atoms with Crippen LogP contribution in [0.3, 0.4) is 0 Å². The van der Waals surface area contributed by atoms with E-state index in [4.69, 9.17) is 0 Å². The second-order valence-corrected chi connectivity index (χ2v) is 6.88. The molecule has 1 fully saturated rings. The molecule has 1 aromatic carbocycles. The number of fused-ring (bicyclic) bond motifs is 3. The van der Waals surface area contributed by atoms with Crippen LogP contribution in [-0.2, 0) is 17.8 Å². The van der Waals surface area contributed by atoms with E-state index in [1.54, 1.807) is 0 Å². The Hall–Kier alpha value is -1.81.